The topological polar surface area (TPSA) is 65.2 Å². The molecule has 0 spiro atoms. The summed E-state index contributed by atoms with van der Waals surface area (Å²) in [5, 5.41) is 0. The molecule has 0 radical (unpaired) electrons. The Hall–Kier alpha value is -2.67. The highest BCUT2D eigenvalue weighted by Gasteiger charge is 2.29. The van der Waals surface area contributed by atoms with E-state index >= 15 is 0 Å². The van der Waals surface area contributed by atoms with Gasteiger partial charge in [0.15, 0.2) is 0 Å². The fraction of sp³-hybridized carbons (Fsp3) is 0.476. The summed E-state index contributed by atoms with van der Waals surface area (Å²) < 4.78 is 9.34. The van der Waals surface area contributed by atoms with Crippen molar-refractivity contribution < 1.29 is 9.53 Å². The van der Waals surface area contributed by atoms with Gasteiger partial charge in [0.1, 0.15) is 11.9 Å². The Morgan fingerprint density at radius 2 is 2.04 bits per heavy atom. The summed E-state index contributed by atoms with van der Waals surface area (Å²) >= 11 is 0. The number of ether oxygens (including phenoxy) is 1. The van der Waals surface area contributed by atoms with Crippen LogP contribution in [0.4, 0.5) is 0 Å². The average Bonchev–Trinajstić information content (AvgIpc) is 3.38. The fourth-order valence-electron chi connectivity index (χ4n) is 4.09. The van der Waals surface area contributed by atoms with Gasteiger partial charge in [-0.15, -0.1) is 0 Å². The molecular formula is C21H27N5O2. The number of likely N-dealkylation sites (tertiary alicyclic amines) is 1. The summed E-state index contributed by atoms with van der Waals surface area (Å²) in [4.78, 5) is 24.0. The molecule has 1 atom stereocenters. The third-order valence-corrected chi connectivity index (χ3v) is 5.71. The van der Waals surface area contributed by atoms with E-state index in [1.165, 1.54) is 0 Å². The number of carbonyl (C=O) groups excluding carboxylic acids is 1. The highest BCUT2D eigenvalue weighted by molar-refractivity contribution is 5.83. The molecule has 4 rings (SSSR count). The number of piperidine rings is 1. The molecule has 1 saturated heterocycles. The van der Waals surface area contributed by atoms with E-state index in [-0.39, 0.29) is 11.9 Å². The maximum absolute atomic E-state index is 13.1. The van der Waals surface area contributed by atoms with Crippen molar-refractivity contribution in [2.45, 2.75) is 38.3 Å². The van der Waals surface area contributed by atoms with Crippen molar-refractivity contribution in [3.8, 4) is 0 Å². The van der Waals surface area contributed by atoms with E-state index in [9.17, 15) is 4.79 Å². The smallest absolute Gasteiger partial charge is 0.245 e. The number of nitrogens with zero attached hydrogens (tertiary/aromatic N) is 5. The van der Waals surface area contributed by atoms with Gasteiger partial charge in [-0.25, -0.2) is 9.97 Å². The lowest BCUT2D eigenvalue weighted by Crippen LogP contribution is -2.41. The van der Waals surface area contributed by atoms with Gasteiger partial charge in [-0.05, 0) is 31.9 Å². The summed E-state index contributed by atoms with van der Waals surface area (Å²) in [7, 11) is 1.71. The summed E-state index contributed by atoms with van der Waals surface area (Å²) in [6, 6.07) is 7.67. The number of rotatable bonds is 6. The zero-order valence-corrected chi connectivity index (χ0v) is 16.5. The van der Waals surface area contributed by atoms with E-state index in [1.807, 2.05) is 53.0 Å². The van der Waals surface area contributed by atoms with Gasteiger partial charge < -0.3 is 18.8 Å². The van der Waals surface area contributed by atoms with E-state index in [2.05, 4.69) is 14.5 Å². The third kappa shape index (κ3) is 3.54. The molecule has 148 valence electrons. The molecule has 2 aromatic heterocycles. The molecule has 0 bridgehead atoms. The van der Waals surface area contributed by atoms with Gasteiger partial charge in [-0.2, -0.15) is 0 Å². The molecule has 0 unspecified atom stereocenters. The van der Waals surface area contributed by atoms with Gasteiger partial charge in [0.05, 0.1) is 24.0 Å². The van der Waals surface area contributed by atoms with Crippen LogP contribution >= 0.6 is 0 Å². The molecule has 0 saturated carbocycles. The summed E-state index contributed by atoms with van der Waals surface area (Å²) in [6.07, 6.45) is 7.51. The second kappa shape index (κ2) is 8.14. The predicted octanol–water partition coefficient (Wildman–Crippen LogP) is 2.85. The first kappa shape index (κ1) is 18.7. The van der Waals surface area contributed by atoms with Crippen molar-refractivity contribution in [3.05, 3.63) is 48.8 Å². The van der Waals surface area contributed by atoms with Crippen LogP contribution in [0.1, 0.15) is 37.5 Å². The average molecular weight is 381 g/mol. The number of carbonyl (C=O) groups is 1. The second-order valence-corrected chi connectivity index (χ2v) is 7.39. The molecule has 1 fully saturated rings. The summed E-state index contributed by atoms with van der Waals surface area (Å²) in [6.45, 7) is 4.97. The molecule has 0 aliphatic carbocycles. The molecular weight excluding hydrogens is 354 g/mol. The largest absolute Gasteiger partial charge is 0.383 e. The number of fused-ring (bicyclic) bond motifs is 1. The SMILES string of the molecule is COCCn1ccnc1C1CCN(C(=O)[C@H](C)n2cnc3ccccc32)CC1. The van der Waals surface area contributed by atoms with Gasteiger partial charge in [-0.1, -0.05) is 12.1 Å². The molecule has 1 aliphatic rings. The Bertz CT molecular complexity index is 939. The first-order chi connectivity index (χ1) is 13.7. The van der Waals surface area contributed by atoms with E-state index in [0.29, 0.717) is 12.5 Å². The first-order valence-electron chi connectivity index (χ1n) is 9.89. The Labute approximate surface area is 164 Å². The molecule has 0 N–H and O–H groups in total. The van der Waals surface area contributed by atoms with Crippen LogP contribution in [0.3, 0.4) is 0 Å². The number of methoxy groups -OCH3 is 1. The van der Waals surface area contributed by atoms with Crippen molar-refractivity contribution in [2.24, 2.45) is 0 Å². The lowest BCUT2D eigenvalue weighted by molar-refractivity contribution is -0.135. The van der Waals surface area contributed by atoms with Gasteiger partial charge in [0, 0.05) is 45.1 Å². The summed E-state index contributed by atoms with van der Waals surface area (Å²) in [5.74, 6) is 1.66. The van der Waals surface area contributed by atoms with Crippen LogP contribution in [0.5, 0.6) is 0 Å². The zero-order valence-electron chi connectivity index (χ0n) is 16.5. The lowest BCUT2D eigenvalue weighted by Gasteiger charge is -2.33. The predicted molar refractivity (Wildman–Crippen MR) is 107 cm³/mol. The Morgan fingerprint density at radius 3 is 2.82 bits per heavy atom. The normalized spacial score (nSPS) is 16.6. The van der Waals surface area contributed by atoms with Crippen LogP contribution in [0.15, 0.2) is 43.0 Å². The van der Waals surface area contributed by atoms with Crippen molar-refractivity contribution in [1.82, 2.24) is 24.0 Å². The molecule has 7 nitrogen and oxygen atoms in total. The van der Waals surface area contributed by atoms with Crippen LogP contribution in [-0.4, -0.2) is 56.7 Å². The molecule has 3 aromatic rings. The quantitative estimate of drug-likeness (QED) is 0.659. The first-order valence-corrected chi connectivity index (χ1v) is 9.89. The Kier molecular flexibility index (Phi) is 5.43. The Balaban J connectivity index is 1.41. The number of hydrogen-bond acceptors (Lipinski definition) is 4. The number of amides is 1. The zero-order chi connectivity index (χ0) is 19.5. The molecule has 7 heteroatoms. The number of para-hydroxylation sites is 2. The standard InChI is InChI=1S/C21H27N5O2/c1-16(26-15-23-18-5-3-4-6-19(18)26)21(27)25-10-7-17(8-11-25)20-22-9-12-24(20)13-14-28-2/h3-6,9,12,15-17H,7-8,10-11,13-14H2,1-2H3/t16-/m0/s1. The highest BCUT2D eigenvalue weighted by atomic mass is 16.5. The number of imidazole rings is 2. The van der Waals surface area contributed by atoms with Crippen LogP contribution in [0, 0.1) is 0 Å². The maximum Gasteiger partial charge on any atom is 0.245 e. The van der Waals surface area contributed by atoms with E-state index < -0.39 is 0 Å². The van der Waals surface area contributed by atoms with Crippen LogP contribution in [0.2, 0.25) is 0 Å². The molecule has 1 amide bonds. The molecule has 1 aromatic carbocycles. The van der Waals surface area contributed by atoms with Gasteiger partial charge in [0.25, 0.3) is 0 Å². The van der Waals surface area contributed by atoms with E-state index in [1.54, 1.807) is 13.4 Å². The minimum absolute atomic E-state index is 0.157. The summed E-state index contributed by atoms with van der Waals surface area (Å²) in [5.41, 5.74) is 1.92. The number of hydrogen-bond donors (Lipinski definition) is 0. The van der Waals surface area contributed by atoms with Crippen LogP contribution in [-0.2, 0) is 16.1 Å². The number of aromatic nitrogens is 4. The van der Waals surface area contributed by atoms with Gasteiger partial charge in [-0.3, -0.25) is 4.79 Å². The maximum atomic E-state index is 13.1. The van der Waals surface area contributed by atoms with Crippen LogP contribution < -0.4 is 0 Å². The monoisotopic (exact) mass is 381 g/mol. The van der Waals surface area contributed by atoms with Crippen molar-refractivity contribution in [3.63, 3.8) is 0 Å². The lowest BCUT2D eigenvalue weighted by atomic mass is 9.95. The highest BCUT2D eigenvalue weighted by Crippen LogP contribution is 2.28. The van der Waals surface area contributed by atoms with Crippen molar-refractivity contribution in [2.75, 3.05) is 26.8 Å². The fourth-order valence-corrected chi connectivity index (χ4v) is 4.09. The Morgan fingerprint density at radius 1 is 1.25 bits per heavy atom. The van der Waals surface area contributed by atoms with E-state index in [4.69, 9.17) is 4.74 Å². The second-order valence-electron chi connectivity index (χ2n) is 7.39. The minimum Gasteiger partial charge on any atom is -0.383 e. The van der Waals surface area contributed by atoms with Crippen molar-refractivity contribution >= 4 is 16.9 Å². The van der Waals surface area contributed by atoms with Crippen LogP contribution in [0.25, 0.3) is 11.0 Å². The molecule has 28 heavy (non-hydrogen) atoms. The van der Waals surface area contributed by atoms with Gasteiger partial charge >= 0.3 is 0 Å². The number of benzene rings is 1. The van der Waals surface area contributed by atoms with Gasteiger partial charge in [0.2, 0.25) is 5.91 Å². The van der Waals surface area contributed by atoms with Crippen molar-refractivity contribution in [1.29, 1.82) is 0 Å². The molecule has 1 aliphatic heterocycles. The minimum atomic E-state index is -0.257. The molecule has 3 heterocycles. The third-order valence-electron chi connectivity index (χ3n) is 5.71. The van der Waals surface area contributed by atoms with E-state index in [0.717, 1.165) is 49.3 Å².